The highest BCUT2D eigenvalue weighted by Crippen LogP contribution is 2.37. The molecule has 0 aromatic carbocycles. The van der Waals surface area contributed by atoms with Crippen molar-refractivity contribution in [2.75, 3.05) is 13.7 Å². The van der Waals surface area contributed by atoms with Gasteiger partial charge in [0, 0.05) is 32.5 Å². The maximum atomic E-state index is 14.7. The number of nitrogens with zero attached hydrogens (tertiary/aromatic N) is 2. The van der Waals surface area contributed by atoms with Crippen LogP contribution in [0.3, 0.4) is 0 Å². The van der Waals surface area contributed by atoms with Crippen LogP contribution in [-0.4, -0.2) is 60.9 Å². The second-order valence-corrected chi connectivity index (χ2v) is 9.19. The zero-order valence-electron chi connectivity index (χ0n) is 18.7. The van der Waals surface area contributed by atoms with Gasteiger partial charge in [-0.25, -0.2) is 4.39 Å². The lowest BCUT2D eigenvalue weighted by Gasteiger charge is -2.33. The summed E-state index contributed by atoms with van der Waals surface area (Å²) in [6, 6.07) is 0.341. The van der Waals surface area contributed by atoms with E-state index in [1.807, 2.05) is 18.9 Å². The van der Waals surface area contributed by atoms with E-state index in [2.05, 4.69) is 10.3 Å². The molecule has 0 bridgehead atoms. The Morgan fingerprint density at radius 1 is 1.19 bits per heavy atom. The van der Waals surface area contributed by atoms with Crippen molar-refractivity contribution in [2.45, 2.75) is 95.6 Å². The van der Waals surface area contributed by atoms with Gasteiger partial charge in [0.05, 0.1) is 24.9 Å². The minimum absolute atomic E-state index is 0.00579. The number of fused-ring (bicyclic) bond motifs is 1. The third-order valence-corrected chi connectivity index (χ3v) is 6.52. The van der Waals surface area contributed by atoms with Gasteiger partial charge in [-0.05, 0) is 51.9 Å². The standard InChI is InChI=1S/C23H34FN3O4/c1-14(25-15(2)28)13-29-16-7-9-18(10-8-16)31-23-26-22-20(24)11-19(12-21(22)27(23)3)30-17-5-4-6-17/h11,14,16-18,21H,4-10,12-13H2,1-3H3,(H,25,28)/t14-,16?,18?,21?/m0/s1. The summed E-state index contributed by atoms with van der Waals surface area (Å²) in [5.41, 5.74) is 0.447. The minimum Gasteiger partial charge on any atom is -0.495 e. The number of nitrogens with one attached hydrogen (secondary N) is 1. The van der Waals surface area contributed by atoms with Crippen molar-refractivity contribution in [3.8, 4) is 0 Å². The van der Waals surface area contributed by atoms with E-state index in [0.29, 0.717) is 30.5 Å². The van der Waals surface area contributed by atoms with E-state index in [0.717, 1.165) is 38.5 Å². The first kappa shape index (κ1) is 22.1. The molecule has 3 aliphatic carbocycles. The van der Waals surface area contributed by atoms with Gasteiger partial charge in [0.1, 0.15) is 23.4 Å². The Morgan fingerprint density at radius 3 is 2.52 bits per heavy atom. The van der Waals surface area contributed by atoms with E-state index in [-0.39, 0.29) is 42.1 Å². The summed E-state index contributed by atoms with van der Waals surface area (Å²) in [5.74, 6) is 0.352. The molecular weight excluding hydrogens is 401 g/mol. The van der Waals surface area contributed by atoms with E-state index in [1.54, 1.807) is 0 Å². The van der Waals surface area contributed by atoms with Gasteiger partial charge < -0.3 is 24.4 Å². The van der Waals surface area contributed by atoms with Gasteiger partial charge in [-0.2, -0.15) is 4.99 Å². The predicted molar refractivity (Wildman–Crippen MR) is 115 cm³/mol. The third-order valence-electron chi connectivity index (χ3n) is 6.52. The first-order valence-electron chi connectivity index (χ1n) is 11.5. The molecule has 1 amide bonds. The number of rotatable bonds is 7. The van der Waals surface area contributed by atoms with Crippen molar-refractivity contribution in [3.05, 3.63) is 23.4 Å². The molecule has 0 aromatic rings. The average Bonchev–Trinajstić information content (AvgIpc) is 3.00. The number of halogens is 1. The van der Waals surface area contributed by atoms with Crippen molar-refractivity contribution in [1.29, 1.82) is 0 Å². The smallest absolute Gasteiger partial charge is 0.293 e. The van der Waals surface area contributed by atoms with E-state index in [1.165, 1.54) is 19.4 Å². The van der Waals surface area contributed by atoms with Gasteiger partial charge in [-0.15, -0.1) is 0 Å². The van der Waals surface area contributed by atoms with Gasteiger partial charge in [-0.3, -0.25) is 4.79 Å². The van der Waals surface area contributed by atoms with Crippen LogP contribution in [0.5, 0.6) is 0 Å². The lowest BCUT2D eigenvalue weighted by Crippen LogP contribution is -2.39. The van der Waals surface area contributed by atoms with Gasteiger partial charge in [0.25, 0.3) is 6.02 Å². The van der Waals surface area contributed by atoms with Crippen LogP contribution in [-0.2, 0) is 19.0 Å². The third kappa shape index (κ3) is 5.40. The number of amides is 1. The van der Waals surface area contributed by atoms with Crippen LogP contribution in [0.2, 0.25) is 0 Å². The molecule has 31 heavy (non-hydrogen) atoms. The van der Waals surface area contributed by atoms with Crippen LogP contribution < -0.4 is 5.32 Å². The SMILES string of the molecule is CC(=O)N[C@@H](C)COC1CCC(OC2=NC3=C(F)C=C(OC4CCC4)CC3N2C)CC1. The molecule has 1 N–H and O–H groups in total. The Labute approximate surface area is 183 Å². The van der Waals surface area contributed by atoms with E-state index >= 15 is 0 Å². The number of carbonyl (C=O) groups excluding carboxylic acids is 1. The van der Waals surface area contributed by atoms with Crippen molar-refractivity contribution >= 4 is 11.9 Å². The highest BCUT2D eigenvalue weighted by atomic mass is 19.1. The summed E-state index contributed by atoms with van der Waals surface area (Å²) in [6.07, 6.45) is 9.42. The molecule has 0 spiro atoms. The summed E-state index contributed by atoms with van der Waals surface area (Å²) in [7, 11) is 1.91. The quantitative estimate of drug-likeness (QED) is 0.662. The summed E-state index contributed by atoms with van der Waals surface area (Å²) in [4.78, 5) is 17.5. The number of likely N-dealkylation sites (N-methyl/N-ethyl adjacent to an activating group) is 1. The fourth-order valence-corrected chi connectivity index (χ4v) is 4.51. The number of amidine groups is 1. The Bertz CT molecular complexity index is 769. The minimum atomic E-state index is -0.318. The molecule has 2 fully saturated rings. The molecule has 4 aliphatic rings. The van der Waals surface area contributed by atoms with E-state index in [9.17, 15) is 9.18 Å². The molecule has 0 saturated heterocycles. The highest BCUT2D eigenvalue weighted by Gasteiger charge is 2.38. The normalized spacial score (nSPS) is 29.5. The van der Waals surface area contributed by atoms with Crippen molar-refractivity contribution in [1.82, 2.24) is 10.2 Å². The summed E-state index contributed by atoms with van der Waals surface area (Å²) in [5, 5.41) is 2.83. The second-order valence-electron chi connectivity index (χ2n) is 9.19. The van der Waals surface area contributed by atoms with Crippen LogP contribution in [0.25, 0.3) is 0 Å². The van der Waals surface area contributed by atoms with Crippen LogP contribution >= 0.6 is 0 Å². The summed E-state index contributed by atoms with van der Waals surface area (Å²) in [6.45, 7) is 3.96. The Morgan fingerprint density at radius 2 is 1.87 bits per heavy atom. The van der Waals surface area contributed by atoms with Crippen molar-refractivity contribution in [3.63, 3.8) is 0 Å². The second kappa shape index (κ2) is 9.59. The molecule has 2 saturated carbocycles. The zero-order chi connectivity index (χ0) is 22.0. The molecule has 8 heteroatoms. The van der Waals surface area contributed by atoms with Gasteiger partial charge >= 0.3 is 0 Å². The van der Waals surface area contributed by atoms with Gasteiger partial charge in [0.2, 0.25) is 5.91 Å². The summed E-state index contributed by atoms with van der Waals surface area (Å²) >= 11 is 0. The number of hydrogen-bond acceptors (Lipinski definition) is 6. The number of carbonyl (C=O) groups is 1. The first-order chi connectivity index (χ1) is 14.9. The Hall–Kier alpha value is -2.09. The molecule has 7 nitrogen and oxygen atoms in total. The predicted octanol–water partition coefficient (Wildman–Crippen LogP) is 3.56. The molecule has 4 rings (SSSR count). The van der Waals surface area contributed by atoms with E-state index < -0.39 is 0 Å². The molecule has 1 heterocycles. The number of aliphatic imine (C=N–C) groups is 1. The van der Waals surface area contributed by atoms with Crippen LogP contribution in [0, 0.1) is 0 Å². The molecule has 2 atom stereocenters. The molecule has 1 unspecified atom stereocenters. The molecular formula is C23H34FN3O4. The fourth-order valence-electron chi connectivity index (χ4n) is 4.51. The first-order valence-corrected chi connectivity index (χ1v) is 11.5. The van der Waals surface area contributed by atoms with Crippen molar-refractivity contribution in [2.24, 2.45) is 4.99 Å². The maximum absolute atomic E-state index is 14.7. The van der Waals surface area contributed by atoms with Crippen LogP contribution in [0.1, 0.15) is 65.2 Å². The monoisotopic (exact) mass is 435 g/mol. The topological polar surface area (TPSA) is 72.4 Å². The molecule has 172 valence electrons. The largest absolute Gasteiger partial charge is 0.495 e. The lowest BCUT2D eigenvalue weighted by molar-refractivity contribution is -0.120. The molecule has 0 radical (unpaired) electrons. The Kier molecular flexibility index (Phi) is 6.84. The van der Waals surface area contributed by atoms with Crippen LogP contribution in [0.4, 0.5) is 4.39 Å². The van der Waals surface area contributed by atoms with Crippen LogP contribution in [0.15, 0.2) is 28.4 Å². The molecule has 0 aromatic heterocycles. The Balaban J connectivity index is 1.26. The highest BCUT2D eigenvalue weighted by molar-refractivity contribution is 5.79. The lowest BCUT2D eigenvalue weighted by atomic mass is 9.95. The average molecular weight is 436 g/mol. The van der Waals surface area contributed by atoms with E-state index in [4.69, 9.17) is 14.2 Å². The van der Waals surface area contributed by atoms with Gasteiger partial charge in [-0.1, -0.05) is 0 Å². The number of allylic oxidation sites excluding steroid dienone is 2. The van der Waals surface area contributed by atoms with Crippen molar-refractivity contribution < 1.29 is 23.4 Å². The number of ether oxygens (including phenoxy) is 3. The van der Waals surface area contributed by atoms with Gasteiger partial charge in [0.15, 0.2) is 0 Å². The fraction of sp³-hybridized carbons (Fsp3) is 0.739. The molecule has 1 aliphatic heterocycles. The maximum Gasteiger partial charge on any atom is 0.293 e. The number of hydrogen-bond donors (Lipinski definition) is 1. The summed E-state index contributed by atoms with van der Waals surface area (Å²) < 4.78 is 32.7. The zero-order valence-corrected chi connectivity index (χ0v) is 18.7.